The van der Waals surface area contributed by atoms with E-state index in [9.17, 15) is 10.1 Å². The standard InChI is InChI=1S/C15H12BrN3OS/c1-2-7-19-15-11(8-17)12(18)14(21-15)13(20)9-3-5-10(16)6-4-9/h2-6,19H,1,7,18H2. The van der Waals surface area contributed by atoms with E-state index in [2.05, 4.69) is 27.8 Å². The van der Waals surface area contributed by atoms with E-state index < -0.39 is 0 Å². The zero-order valence-electron chi connectivity index (χ0n) is 11.0. The van der Waals surface area contributed by atoms with Crippen LogP contribution in [-0.4, -0.2) is 12.3 Å². The van der Waals surface area contributed by atoms with Crippen molar-refractivity contribution < 1.29 is 4.79 Å². The highest BCUT2D eigenvalue weighted by Crippen LogP contribution is 2.36. The number of rotatable bonds is 5. The van der Waals surface area contributed by atoms with Crippen LogP contribution in [0.3, 0.4) is 0 Å². The van der Waals surface area contributed by atoms with Crippen molar-refractivity contribution in [3.8, 4) is 6.07 Å². The third-order valence-corrected chi connectivity index (χ3v) is 4.47. The number of nitrogens with two attached hydrogens (primary N) is 1. The van der Waals surface area contributed by atoms with Crippen molar-refractivity contribution in [1.29, 1.82) is 5.26 Å². The summed E-state index contributed by atoms with van der Waals surface area (Å²) < 4.78 is 0.893. The quantitative estimate of drug-likeness (QED) is 0.627. The van der Waals surface area contributed by atoms with Crippen LogP contribution in [0.15, 0.2) is 41.4 Å². The number of halogens is 1. The first-order chi connectivity index (χ1) is 10.1. The van der Waals surface area contributed by atoms with Crippen LogP contribution < -0.4 is 11.1 Å². The molecule has 0 amide bonds. The maximum Gasteiger partial charge on any atom is 0.205 e. The number of nitrogen functional groups attached to an aromatic ring is 1. The average Bonchev–Trinajstić information content (AvgIpc) is 2.81. The number of carbonyl (C=O) groups excluding carboxylic acids is 1. The van der Waals surface area contributed by atoms with Crippen LogP contribution in [0.2, 0.25) is 0 Å². The van der Waals surface area contributed by atoms with Crippen molar-refractivity contribution in [2.24, 2.45) is 0 Å². The highest BCUT2D eigenvalue weighted by molar-refractivity contribution is 9.10. The van der Waals surface area contributed by atoms with Gasteiger partial charge in [0.1, 0.15) is 21.5 Å². The summed E-state index contributed by atoms with van der Waals surface area (Å²) in [7, 11) is 0. The summed E-state index contributed by atoms with van der Waals surface area (Å²) >= 11 is 4.51. The summed E-state index contributed by atoms with van der Waals surface area (Å²) in [5.41, 5.74) is 7.01. The molecule has 2 rings (SSSR count). The van der Waals surface area contributed by atoms with E-state index in [0.717, 1.165) is 4.47 Å². The smallest absolute Gasteiger partial charge is 0.205 e. The summed E-state index contributed by atoms with van der Waals surface area (Å²) in [6.07, 6.45) is 1.67. The number of nitriles is 1. The molecule has 6 heteroatoms. The molecule has 0 bridgehead atoms. The number of anilines is 2. The molecule has 0 atom stereocenters. The Bertz CT molecular complexity index is 729. The second kappa shape index (κ2) is 6.57. The minimum atomic E-state index is -0.187. The van der Waals surface area contributed by atoms with Gasteiger partial charge in [-0.1, -0.05) is 22.0 Å². The fourth-order valence-corrected chi connectivity index (χ4v) is 3.05. The first-order valence-electron chi connectivity index (χ1n) is 6.06. The molecule has 0 fully saturated rings. The Balaban J connectivity index is 2.42. The summed E-state index contributed by atoms with van der Waals surface area (Å²) in [5, 5.41) is 12.8. The monoisotopic (exact) mass is 361 g/mol. The van der Waals surface area contributed by atoms with Crippen molar-refractivity contribution in [1.82, 2.24) is 0 Å². The fourth-order valence-electron chi connectivity index (χ4n) is 1.75. The number of hydrogen-bond donors (Lipinski definition) is 2. The van der Waals surface area contributed by atoms with E-state index in [-0.39, 0.29) is 11.5 Å². The second-order valence-corrected chi connectivity index (χ2v) is 6.10. The number of nitrogens with zero attached hydrogens (tertiary/aromatic N) is 1. The number of nitrogens with one attached hydrogen (secondary N) is 1. The van der Waals surface area contributed by atoms with E-state index in [0.29, 0.717) is 27.5 Å². The lowest BCUT2D eigenvalue weighted by molar-refractivity contribution is 0.104. The molecular formula is C15H12BrN3OS. The first-order valence-corrected chi connectivity index (χ1v) is 7.66. The number of benzene rings is 1. The third-order valence-electron chi connectivity index (χ3n) is 2.78. The molecule has 0 aliphatic carbocycles. The Kier molecular flexibility index (Phi) is 4.78. The van der Waals surface area contributed by atoms with Crippen molar-refractivity contribution in [3.05, 3.63) is 57.4 Å². The van der Waals surface area contributed by atoms with Gasteiger partial charge in [-0.05, 0) is 24.3 Å². The lowest BCUT2D eigenvalue weighted by Gasteiger charge is -2.00. The average molecular weight is 362 g/mol. The number of hydrogen-bond acceptors (Lipinski definition) is 5. The van der Waals surface area contributed by atoms with Gasteiger partial charge in [-0.15, -0.1) is 17.9 Å². The van der Waals surface area contributed by atoms with Crippen LogP contribution in [-0.2, 0) is 0 Å². The van der Waals surface area contributed by atoms with Gasteiger partial charge in [-0.2, -0.15) is 5.26 Å². The maximum atomic E-state index is 12.5. The van der Waals surface area contributed by atoms with Gasteiger partial charge in [-0.3, -0.25) is 4.79 Å². The molecule has 0 aliphatic heterocycles. The van der Waals surface area contributed by atoms with Gasteiger partial charge in [-0.25, -0.2) is 0 Å². The number of ketones is 1. The van der Waals surface area contributed by atoms with Crippen LogP contribution in [0.4, 0.5) is 10.7 Å². The Labute approximate surface area is 135 Å². The zero-order chi connectivity index (χ0) is 15.4. The van der Waals surface area contributed by atoms with Crippen LogP contribution in [0.5, 0.6) is 0 Å². The predicted molar refractivity (Wildman–Crippen MR) is 89.7 cm³/mol. The van der Waals surface area contributed by atoms with Gasteiger partial charge in [0.2, 0.25) is 5.78 Å². The van der Waals surface area contributed by atoms with Crippen molar-refractivity contribution in [2.45, 2.75) is 0 Å². The van der Waals surface area contributed by atoms with E-state index in [1.165, 1.54) is 11.3 Å². The van der Waals surface area contributed by atoms with Gasteiger partial charge in [0.15, 0.2) is 0 Å². The normalized spacial score (nSPS) is 9.90. The summed E-state index contributed by atoms with van der Waals surface area (Å²) in [6.45, 7) is 4.11. The molecule has 21 heavy (non-hydrogen) atoms. The van der Waals surface area contributed by atoms with Gasteiger partial charge in [0.05, 0.1) is 5.69 Å². The topological polar surface area (TPSA) is 78.9 Å². The third kappa shape index (κ3) is 3.15. The van der Waals surface area contributed by atoms with Crippen molar-refractivity contribution >= 4 is 43.7 Å². The minimum absolute atomic E-state index is 0.187. The van der Waals surface area contributed by atoms with E-state index in [1.807, 2.05) is 6.07 Å². The SMILES string of the molecule is C=CCNc1sc(C(=O)c2ccc(Br)cc2)c(N)c1C#N. The maximum absolute atomic E-state index is 12.5. The fraction of sp³-hybridized carbons (Fsp3) is 0.0667. The Morgan fingerprint density at radius 2 is 2.14 bits per heavy atom. The second-order valence-electron chi connectivity index (χ2n) is 4.17. The van der Waals surface area contributed by atoms with Gasteiger partial charge < -0.3 is 11.1 Å². The molecule has 0 spiro atoms. The van der Waals surface area contributed by atoms with E-state index >= 15 is 0 Å². The van der Waals surface area contributed by atoms with Crippen LogP contribution in [0, 0.1) is 11.3 Å². The molecule has 2 aromatic rings. The highest BCUT2D eigenvalue weighted by atomic mass is 79.9. The van der Waals surface area contributed by atoms with Gasteiger partial charge in [0, 0.05) is 16.6 Å². The van der Waals surface area contributed by atoms with Gasteiger partial charge >= 0.3 is 0 Å². The van der Waals surface area contributed by atoms with Crippen LogP contribution in [0.1, 0.15) is 20.8 Å². The highest BCUT2D eigenvalue weighted by Gasteiger charge is 2.21. The first kappa shape index (κ1) is 15.3. The minimum Gasteiger partial charge on any atom is -0.396 e. The summed E-state index contributed by atoms with van der Waals surface area (Å²) in [4.78, 5) is 12.9. The molecule has 0 radical (unpaired) electrons. The molecule has 0 saturated carbocycles. The van der Waals surface area contributed by atoms with Crippen molar-refractivity contribution in [3.63, 3.8) is 0 Å². The molecule has 0 saturated heterocycles. The Hall–Kier alpha value is -2.10. The van der Waals surface area contributed by atoms with E-state index in [1.54, 1.807) is 30.3 Å². The number of thiophene rings is 1. The molecule has 0 aliphatic rings. The molecule has 0 unspecified atom stereocenters. The molecule has 106 valence electrons. The van der Waals surface area contributed by atoms with Gasteiger partial charge in [0.25, 0.3) is 0 Å². The number of carbonyl (C=O) groups is 1. The summed E-state index contributed by atoms with van der Waals surface area (Å²) in [5.74, 6) is -0.187. The van der Waals surface area contributed by atoms with Crippen LogP contribution >= 0.6 is 27.3 Å². The Morgan fingerprint density at radius 1 is 1.48 bits per heavy atom. The van der Waals surface area contributed by atoms with E-state index in [4.69, 9.17) is 5.73 Å². The molecule has 1 aromatic heterocycles. The molecule has 3 N–H and O–H groups in total. The predicted octanol–water partition coefficient (Wildman–Crippen LogP) is 3.79. The largest absolute Gasteiger partial charge is 0.396 e. The summed E-state index contributed by atoms with van der Waals surface area (Å²) in [6, 6.07) is 9.05. The molecular weight excluding hydrogens is 350 g/mol. The molecule has 1 aromatic carbocycles. The molecule has 1 heterocycles. The lowest BCUT2D eigenvalue weighted by Crippen LogP contribution is -2.02. The molecule has 4 nitrogen and oxygen atoms in total. The Morgan fingerprint density at radius 3 is 2.71 bits per heavy atom. The van der Waals surface area contributed by atoms with Crippen molar-refractivity contribution in [2.75, 3.05) is 17.6 Å². The zero-order valence-corrected chi connectivity index (χ0v) is 13.4. The lowest BCUT2D eigenvalue weighted by atomic mass is 10.1. The van der Waals surface area contributed by atoms with Crippen LogP contribution in [0.25, 0.3) is 0 Å².